The summed E-state index contributed by atoms with van der Waals surface area (Å²) in [4.78, 5) is 63.6. The van der Waals surface area contributed by atoms with Gasteiger partial charge in [-0.15, -0.1) is 0 Å². The van der Waals surface area contributed by atoms with Gasteiger partial charge in [0.2, 0.25) is 0 Å². The zero-order valence-electron chi connectivity index (χ0n) is 18.1. The lowest BCUT2D eigenvalue weighted by molar-refractivity contribution is -0.147. The van der Waals surface area contributed by atoms with Gasteiger partial charge in [-0.1, -0.05) is 26.0 Å². The van der Waals surface area contributed by atoms with Crippen LogP contribution in [-0.4, -0.2) is 53.6 Å². The van der Waals surface area contributed by atoms with Gasteiger partial charge in [-0.3, -0.25) is 24.1 Å². The molecule has 0 radical (unpaired) electrons. The largest absolute Gasteiger partial charge is 0.482 e. The third-order valence-corrected chi connectivity index (χ3v) is 5.38. The Balaban J connectivity index is 1.48. The number of esters is 1. The highest BCUT2D eigenvalue weighted by Gasteiger charge is 2.43. The molecule has 1 atom stereocenters. The number of fused-ring (bicyclic) bond motifs is 2. The lowest BCUT2D eigenvalue weighted by Crippen LogP contribution is -2.46. The molecule has 0 aromatic heterocycles. The van der Waals surface area contributed by atoms with Crippen LogP contribution in [-0.2, 0) is 14.3 Å². The van der Waals surface area contributed by atoms with E-state index in [-0.39, 0.29) is 41.5 Å². The lowest BCUT2D eigenvalue weighted by atomic mass is 10.0. The zero-order valence-corrected chi connectivity index (χ0v) is 18.1. The molecule has 0 saturated heterocycles. The van der Waals surface area contributed by atoms with E-state index < -0.39 is 36.2 Å². The average molecular weight is 450 g/mol. The van der Waals surface area contributed by atoms with Crippen molar-refractivity contribution in [3.05, 3.63) is 59.2 Å². The van der Waals surface area contributed by atoms with E-state index in [2.05, 4.69) is 5.32 Å². The summed E-state index contributed by atoms with van der Waals surface area (Å²) in [6.45, 7) is 3.03. The van der Waals surface area contributed by atoms with Gasteiger partial charge in [0.25, 0.3) is 17.7 Å². The van der Waals surface area contributed by atoms with Crippen LogP contribution in [0.2, 0.25) is 0 Å². The number of anilines is 1. The van der Waals surface area contributed by atoms with E-state index in [1.807, 2.05) is 13.8 Å². The molecule has 170 valence electrons. The van der Waals surface area contributed by atoms with E-state index in [1.165, 1.54) is 24.3 Å². The molecule has 3 amide bonds. The summed E-state index contributed by atoms with van der Waals surface area (Å²) in [7, 11) is 0. The molecule has 0 saturated carbocycles. The van der Waals surface area contributed by atoms with E-state index >= 15 is 0 Å². The third kappa shape index (κ3) is 4.34. The molecular weight excluding hydrogens is 428 g/mol. The maximum Gasteiger partial charge on any atom is 0.329 e. The fourth-order valence-electron chi connectivity index (χ4n) is 3.82. The van der Waals surface area contributed by atoms with Crippen molar-refractivity contribution >= 4 is 35.2 Å². The van der Waals surface area contributed by atoms with Crippen LogP contribution in [0.4, 0.5) is 5.69 Å². The molecule has 0 fully saturated rings. The van der Waals surface area contributed by atoms with Crippen molar-refractivity contribution in [1.82, 2.24) is 4.90 Å². The first-order valence-corrected chi connectivity index (χ1v) is 10.5. The predicted octanol–water partition coefficient (Wildman–Crippen LogP) is 2.45. The fourth-order valence-corrected chi connectivity index (χ4v) is 3.82. The van der Waals surface area contributed by atoms with Gasteiger partial charge < -0.3 is 14.8 Å². The summed E-state index contributed by atoms with van der Waals surface area (Å²) in [5.41, 5.74) is 1.04. The number of carbonyl (C=O) groups is 5. The Bertz CT molecular complexity index is 1140. The zero-order chi connectivity index (χ0) is 23.7. The highest BCUT2D eigenvalue weighted by molar-refractivity contribution is 6.22. The van der Waals surface area contributed by atoms with Crippen molar-refractivity contribution in [3.63, 3.8) is 0 Å². The summed E-state index contributed by atoms with van der Waals surface area (Å²) < 4.78 is 10.5. The summed E-state index contributed by atoms with van der Waals surface area (Å²) in [5.74, 6) is -2.38. The number of Topliss-reactive ketones (excluding diaryl/α,β-unsaturated/α-hetero) is 1. The molecule has 9 heteroatoms. The van der Waals surface area contributed by atoms with Crippen LogP contribution in [0.25, 0.3) is 0 Å². The highest BCUT2D eigenvalue weighted by atomic mass is 16.5. The molecule has 2 heterocycles. The molecule has 33 heavy (non-hydrogen) atoms. The van der Waals surface area contributed by atoms with Gasteiger partial charge in [0.15, 0.2) is 19.0 Å². The number of nitrogens with one attached hydrogen (secondary N) is 1. The lowest BCUT2D eigenvalue weighted by Gasteiger charge is -2.26. The maximum atomic E-state index is 12.9. The Morgan fingerprint density at radius 1 is 1.06 bits per heavy atom. The SMILES string of the molecule is CC(C)C[C@H](C(=O)OCC(=O)c1ccc2c(c1)NC(=O)CO2)N1C(=O)c2ccccc2C1=O. The maximum absolute atomic E-state index is 12.9. The summed E-state index contributed by atoms with van der Waals surface area (Å²) >= 11 is 0. The van der Waals surface area contributed by atoms with E-state index in [1.54, 1.807) is 18.2 Å². The minimum atomic E-state index is -1.15. The number of ether oxygens (including phenoxy) is 2. The molecule has 0 bridgehead atoms. The van der Waals surface area contributed by atoms with Crippen LogP contribution in [0, 0.1) is 5.92 Å². The van der Waals surface area contributed by atoms with E-state index in [4.69, 9.17) is 9.47 Å². The van der Waals surface area contributed by atoms with Crippen LogP contribution in [0.3, 0.4) is 0 Å². The minimum Gasteiger partial charge on any atom is -0.482 e. The highest BCUT2D eigenvalue weighted by Crippen LogP contribution is 2.29. The molecule has 2 aromatic carbocycles. The fraction of sp³-hybridized carbons (Fsp3) is 0.292. The van der Waals surface area contributed by atoms with Crippen LogP contribution in [0.15, 0.2) is 42.5 Å². The smallest absolute Gasteiger partial charge is 0.329 e. The second-order valence-electron chi connectivity index (χ2n) is 8.25. The average Bonchev–Trinajstić information content (AvgIpc) is 3.05. The molecule has 4 rings (SSSR count). The number of carbonyl (C=O) groups excluding carboxylic acids is 5. The van der Waals surface area contributed by atoms with E-state index in [0.717, 1.165) is 4.90 Å². The monoisotopic (exact) mass is 450 g/mol. The number of hydrogen-bond acceptors (Lipinski definition) is 7. The number of hydrogen-bond donors (Lipinski definition) is 1. The van der Waals surface area contributed by atoms with Gasteiger partial charge in [-0.25, -0.2) is 4.79 Å². The predicted molar refractivity (Wildman–Crippen MR) is 116 cm³/mol. The first-order valence-electron chi connectivity index (χ1n) is 10.5. The molecule has 0 spiro atoms. The number of rotatable bonds is 7. The molecule has 2 aliphatic rings. The minimum absolute atomic E-state index is 0.0215. The Labute approximate surface area is 189 Å². The standard InChI is InChI=1S/C24H22N2O7/c1-13(2)9-18(26-22(29)15-5-3-4-6-16(15)23(26)30)24(31)33-11-19(27)14-7-8-20-17(10-14)25-21(28)12-32-20/h3-8,10,13,18H,9,11-12H2,1-2H3,(H,25,28)/t18-/m1/s1. The quantitative estimate of drug-likeness (QED) is 0.391. The second kappa shape index (κ2) is 8.85. The number of nitrogens with zero attached hydrogens (tertiary/aromatic N) is 1. The molecule has 1 N–H and O–H groups in total. The molecule has 2 aromatic rings. The van der Waals surface area contributed by atoms with Crippen LogP contribution >= 0.6 is 0 Å². The van der Waals surface area contributed by atoms with Crippen LogP contribution in [0.1, 0.15) is 51.3 Å². The third-order valence-electron chi connectivity index (χ3n) is 5.38. The number of imide groups is 1. The van der Waals surface area contributed by atoms with Crippen molar-refractivity contribution in [1.29, 1.82) is 0 Å². The molecule has 2 aliphatic heterocycles. The van der Waals surface area contributed by atoms with Crippen LogP contribution in [0.5, 0.6) is 5.75 Å². The van der Waals surface area contributed by atoms with Gasteiger partial charge in [0.05, 0.1) is 16.8 Å². The van der Waals surface area contributed by atoms with Gasteiger partial charge in [0.1, 0.15) is 11.8 Å². The molecule has 9 nitrogen and oxygen atoms in total. The normalized spacial score (nSPS) is 15.5. The first kappa shape index (κ1) is 22.2. The Kier molecular flexibility index (Phi) is 5.95. The van der Waals surface area contributed by atoms with Gasteiger partial charge in [-0.2, -0.15) is 0 Å². The Morgan fingerprint density at radius 3 is 2.36 bits per heavy atom. The van der Waals surface area contributed by atoms with Crippen molar-refractivity contribution in [3.8, 4) is 5.75 Å². The van der Waals surface area contributed by atoms with Crippen molar-refractivity contribution in [2.75, 3.05) is 18.5 Å². The van der Waals surface area contributed by atoms with Gasteiger partial charge >= 0.3 is 5.97 Å². The van der Waals surface area contributed by atoms with Gasteiger partial charge in [0, 0.05) is 5.56 Å². The molecule has 0 unspecified atom stereocenters. The van der Waals surface area contributed by atoms with Crippen molar-refractivity contribution in [2.45, 2.75) is 26.3 Å². The van der Waals surface area contributed by atoms with Gasteiger partial charge in [-0.05, 0) is 42.7 Å². The van der Waals surface area contributed by atoms with Crippen LogP contribution < -0.4 is 10.1 Å². The Hall–Kier alpha value is -4.01. The van der Waals surface area contributed by atoms with E-state index in [0.29, 0.717) is 11.4 Å². The molecule has 0 aliphatic carbocycles. The van der Waals surface area contributed by atoms with Crippen molar-refractivity contribution in [2.24, 2.45) is 5.92 Å². The summed E-state index contributed by atoms with van der Waals surface area (Å²) in [6.07, 6.45) is 0.195. The topological polar surface area (TPSA) is 119 Å². The number of amides is 3. The summed E-state index contributed by atoms with van der Waals surface area (Å²) in [6, 6.07) is 9.71. The second-order valence-corrected chi connectivity index (χ2v) is 8.25. The first-order chi connectivity index (χ1) is 15.8. The van der Waals surface area contributed by atoms with Crippen molar-refractivity contribution < 1.29 is 33.4 Å². The molecular formula is C24H22N2O7. The van der Waals surface area contributed by atoms with E-state index in [9.17, 15) is 24.0 Å². The Morgan fingerprint density at radius 2 is 1.73 bits per heavy atom. The summed E-state index contributed by atoms with van der Waals surface area (Å²) in [5, 5.41) is 2.61. The number of ketones is 1. The number of benzene rings is 2.